The summed E-state index contributed by atoms with van der Waals surface area (Å²) in [5, 5.41) is 4.48. The van der Waals surface area contributed by atoms with Crippen molar-refractivity contribution in [2.75, 3.05) is 12.4 Å². The molecule has 1 unspecified atom stereocenters. The van der Waals surface area contributed by atoms with Crippen molar-refractivity contribution in [2.24, 2.45) is 5.73 Å². The number of amides is 1. The summed E-state index contributed by atoms with van der Waals surface area (Å²) in [5.74, 6) is -0.545. The molecule has 1 aromatic carbocycles. The van der Waals surface area contributed by atoms with Gasteiger partial charge in [0.15, 0.2) is 0 Å². The highest BCUT2D eigenvalue weighted by Crippen LogP contribution is 2.26. The van der Waals surface area contributed by atoms with Crippen molar-refractivity contribution in [1.29, 1.82) is 0 Å². The van der Waals surface area contributed by atoms with Gasteiger partial charge in [-0.1, -0.05) is 6.07 Å². The van der Waals surface area contributed by atoms with E-state index < -0.39 is 11.9 Å². The molecule has 2 aromatic rings. The molecular formula is C13H13FN2O2S. The first kappa shape index (κ1) is 13.5. The van der Waals surface area contributed by atoms with Crippen LogP contribution in [0.15, 0.2) is 35.7 Å². The Morgan fingerprint density at radius 1 is 1.47 bits per heavy atom. The minimum absolute atomic E-state index is 0.256. The van der Waals surface area contributed by atoms with Crippen molar-refractivity contribution in [1.82, 2.24) is 0 Å². The van der Waals surface area contributed by atoms with Gasteiger partial charge in [0.2, 0.25) is 5.91 Å². The highest BCUT2D eigenvalue weighted by molar-refractivity contribution is 7.10. The largest absolute Gasteiger partial charge is 0.494 e. The minimum atomic E-state index is -0.755. The van der Waals surface area contributed by atoms with E-state index >= 15 is 0 Å². The quantitative estimate of drug-likeness (QED) is 0.904. The number of carbonyl (C=O) groups is 1. The lowest BCUT2D eigenvalue weighted by molar-refractivity contribution is -0.117. The molecule has 0 aliphatic heterocycles. The van der Waals surface area contributed by atoms with E-state index in [-0.39, 0.29) is 11.7 Å². The fourth-order valence-corrected chi connectivity index (χ4v) is 2.30. The molecule has 2 rings (SSSR count). The van der Waals surface area contributed by atoms with Crippen LogP contribution in [0.25, 0.3) is 0 Å². The van der Waals surface area contributed by atoms with Gasteiger partial charge in [0, 0.05) is 10.9 Å². The molecule has 0 fully saturated rings. The lowest BCUT2D eigenvalue weighted by Crippen LogP contribution is -2.27. The maximum atomic E-state index is 13.0. The fourth-order valence-electron chi connectivity index (χ4n) is 1.58. The van der Waals surface area contributed by atoms with Gasteiger partial charge < -0.3 is 15.8 Å². The number of thiophene rings is 1. The monoisotopic (exact) mass is 280 g/mol. The maximum Gasteiger partial charge on any atom is 0.246 e. The first-order valence-corrected chi connectivity index (χ1v) is 6.43. The van der Waals surface area contributed by atoms with E-state index in [1.165, 1.54) is 36.6 Å². The third kappa shape index (κ3) is 3.10. The minimum Gasteiger partial charge on any atom is -0.494 e. The average molecular weight is 280 g/mol. The van der Waals surface area contributed by atoms with Gasteiger partial charge in [-0.25, -0.2) is 4.39 Å². The Morgan fingerprint density at radius 3 is 2.89 bits per heavy atom. The Bertz CT molecular complexity index is 572. The molecule has 0 spiro atoms. The molecule has 4 nitrogen and oxygen atoms in total. The number of nitrogens with one attached hydrogen (secondary N) is 1. The van der Waals surface area contributed by atoms with Crippen LogP contribution in [0, 0.1) is 5.82 Å². The van der Waals surface area contributed by atoms with Crippen LogP contribution < -0.4 is 15.8 Å². The summed E-state index contributed by atoms with van der Waals surface area (Å²) >= 11 is 1.41. The molecule has 0 saturated heterocycles. The third-order valence-electron chi connectivity index (χ3n) is 2.55. The number of hydrogen-bond acceptors (Lipinski definition) is 4. The Labute approximate surface area is 114 Å². The van der Waals surface area contributed by atoms with Crippen LogP contribution >= 0.6 is 11.3 Å². The van der Waals surface area contributed by atoms with Gasteiger partial charge in [-0.3, -0.25) is 4.79 Å². The smallest absolute Gasteiger partial charge is 0.246 e. The summed E-state index contributed by atoms with van der Waals surface area (Å²) in [7, 11) is 1.41. The summed E-state index contributed by atoms with van der Waals surface area (Å²) in [5.41, 5.74) is 6.23. The number of methoxy groups -OCH3 is 1. The predicted molar refractivity (Wildman–Crippen MR) is 72.8 cm³/mol. The van der Waals surface area contributed by atoms with Gasteiger partial charge in [0.05, 0.1) is 12.8 Å². The van der Waals surface area contributed by atoms with Crippen LogP contribution in [-0.2, 0) is 4.79 Å². The average Bonchev–Trinajstić information content (AvgIpc) is 2.93. The first-order valence-electron chi connectivity index (χ1n) is 5.55. The molecule has 0 aliphatic rings. The van der Waals surface area contributed by atoms with E-state index in [1.807, 2.05) is 11.4 Å². The summed E-state index contributed by atoms with van der Waals surface area (Å²) in [4.78, 5) is 12.7. The number of halogens is 1. The number of benzene rings is 1. The molecule has 6 heteroatoms. The van der Waals surface area contributed by atoms with E-state index in [4.69, 9.17) is 10.5 Å². The molecule has 0 bridgehead atoms. The van der Waals surface area contributed by atoms with Crippen LogP contribution in [0.4, 0.5) is 10.1 Å². The highest BCUT2D eigenvalue weighted by atomic mass is 32.1. The van der Waals surface area contributed by atoms with Crippen molar-refractivity contribution in [3.05, 3.63) is 46.4 Å². The second-order valence-corrected chi connectivity index (χ2v) is 4.81. The van der Waals surface area contributed by atoms with Crippen molar-refractivity contribution in [3.63, 3.8) is 0 Å². The molecular weight excluding hydrogens is 267 g/mol. The molecule has 3 N–H and O–H groups in total. The highest BCUT2D eigenvalue weighted by Gasteiger charge is 2.18. The zero-order chi connectivity index (χ0) is 13.8. The maximum absolute atomic E-state index is 13.0. The zero-order valence-electron chi connectivity index (χ0n) is 10.2. The molecule has 1 amide bonds. The molecule has 0 saturated carbocycles. The van der Waals surface area contributed by atoms with Gasteiger partial charge in [-0.15, -0.1) is 11.3 Å². The van der Waals surface area contributed by atoms with Crippen molar-refractivity contribution in [2.45, 2.75) is 6.04 Å². The van der Waals surface area contributed by atoms with Gasteiger partial charge in [0.25, 0.3) is 0 Å². The van der Waals surface area contributed by atoms with Crippen LogP contribution in [-0.4, -0.2) is 13.0 Å². The standard InChI is InChI=1S/C13H13FN2O2S/c1-18-10-7-8(14)4-5-9(10)16-13(17)12(15)11-3-2-6-19-11/h2-7,12H,15H2,1H3,(H,16,17). The molecule has 1 atom stereocenters. The topological polar surface area (TPSA) is 64.3 Å². The van der Waals surface area contributed by atoms with E-state index in [0.29, 0.717) is 5.69 Å². The number of hydrogen-bond donors (Lipinski definition) is 2. The van der Waals surface area contributed by atoms with Gasteiger partial charge in [-0.2, -0.15) is 0 Å². The number of rotatable bonds is 4. The lowest BCUT2D eigenvalue weighted by atomic mass is 10.2. The first-order chi connectivity index (χ1) is 9.11. The fraction of sp³-hybridized carbons (Fsp3) is 0.154. The third-order valence-corrected chi connectivity index (χ3v) is 3.51. The Morgan fingerprint density at radius 2 is 2.26 bits per heavy atom. The van der Waals surface area contributed by atoms with Gasteiger partial charge >= 0.3 is 0 Å². The molecule has 100 valence electrons. The molecule has 1 heterocycles. The second-order valence-electron chi connectivity index (χ2n) is 3.83. The number of nitrogens with two attached hydrogens (primary N) is 1. The summed E-state index contributed by atoms with van der Waals surface area (Å²) in [6, 6.07) is 6.74. The Kier molecular flexibility index (Phi) is 4.13. The van der Waals surface area contributed by atoms with E-state index in [0.717, 1.165) is 4.88 Å². The van der Waals surface area contributed by atoms with Gasteiger partial charge in [0.1, 0.15) is 17.6 Å². The van der Waals surface area contributed by atoms with Crippen LogP contribution in [0.2, 0.25) is 0 Å². The summed E-state index contributed by atoms with van der Waals surface area (Å²) in [6.45, 7) is 0. The molecule has 0 radical (unpaired) electrons. The number of carbonyl (C=O) groups excluding carboxylic acids is 1. The Hall–Kier alpha value is -1.92. The van der Waals surface area contributed by atoms with E-state index in [2.05, 4.69) is 5.32 Å². The van der Waals surface area contributed by atoms with Crippen LogP contribution in [0.3, 0.4) is 0 Å². The van der Waals surface area contributed by atoms with E-state index in [9.17, 15) is 9.18 Å². The molecule has 0 aliphatic carbocycles. The molecule has 19 heavy (non-hydrogen) atoms. The summed E-state index contributed by atoms with van der Waals surface area (Å²) in [6.07, 6.45) is 0. The normalized spacial score (nSPS) is 11.9. The summed E-state index contributed by atoms with van der Waals surface area (Å²) < 4.78 is 18.0. The SMILES string of the molecule is COc1cc(F)ccc1NC(=O)C(N)c1cccs1. The van der Waals surface area contributed by atoms with Gasteiger partial charge in [-0.05, 0) is 23.6 Å². The van der Waals surface area contributed by atoms with Crippen molar-refractivity contribution in [3.8, 4) is 5.75 Å². The number of anilines is 1. The lowest BCUT2D eigenvalue weighted by Gasteiger charge is -2.13. The number of ether oxygens (including phenoxy) is 1. The second kappa shape index (κ2) is 5.81. The molecule has 1 aromatic heterocycles. The van der Waals surface area contributed by atoms with Crippen molar-refractivity contribution < 1.29 is 13.9 Å². The Balaban J connectivity index is 2.15. The van der Waals surface area contributed by atoms with Crippen LogP contribution in [0.1, 0.15) is 10.9 Å². The van der Waals surface area contributed by atoms with Crippen LogP contribution in [0.5, 0.6) is 5.75 Å². The van der Waals surface area contributed by atoms with Crippen molar-refractivity contribution >= 4 is 22.9 Å². The zero-order valence-corrected chi connectivity index (χ0v) is 11.0. The predicted octanol–water partition coefficient (Wildman–Crippen LogP) is 2.53. The van der Waals surface area contributed by atoms with E-state index in [1.54, 1.807) is 6.07 Å².